The van der Waals surface area contributed by atoms with Crippen molar-refractivity contribution < 1.29 is 14.7 Å². The number of urea groups is 1. The number of nitrogens with one attached hydrogen (secondary N) is 3. The Morgan fingerprint density at radius 3 is 2.76 bits per heavy atom. The van der Waals surface area contributed by atoms with Gasteiger partial charge in [0.05, 0.1) is 6.33 Å². The molecule has 21 heavy (non-hydrogen) atoms. The van der Waals surface area contributed by atoms with Gasteiger partial charge in [-0.3, -0.25) is 0 Å². The number of aromatic amines is 1. The monoisotopic (exact) mass is 294 g/mol. The summed E-state index contributed by atoms with van der Waals surface area (Å²) >= 11 is 0. The van der Waals surface area contributed by atoms with Gasteiger partial charge in [-0.1, -0.05) is 19.3 Å². The van der Waals surface area contributed by atoms with Gasteiger partial charge in [0, 0.05) is 24.9 Å². The standard InChI is InChI=1S/C14H22N4O3/c19-13(20)12(6-11-8-15-9-17-11)18-14(21)16-7-10-4-2-1-3-5-10/h8-10,12H,1-7H2,(H,15,17)(H,19,20)(H2,16,18,21)/t12-/m0/s1. The summed E-state index contributed by atoms with van der Waals surface area (Å²) in [5, 5.41) is 14.4. The molecule has 0 aromatic carbocycles. The Hall–Kier alpha value is -2.05. The van der Waals surface area contributed by atoms with Gasteiger partial charge >= 0.3 is 12.0 Å². The van der Waals surface area contributed by atoms with E-state index >= 15 is 0 Å². The van der Waals surface area contributed by atoms with Crippen molar-refractivity contribution in [3.8, 4) is 0 Å². The normalized spacial score (nSPS) is 17.1. The van der Waals surface area contributed by atoms with E-state index in [0.717, 1.165) is 12.8 Å². The van der Waals surface area contributed by atoms with Gasteiger partial charge in [0.2, 0.25) is 0 Å². The summed E-state index contributed by atoms with van der Waals surface area (Å²) in [7, 11) is 0. The lowest BCUT2D eigenvalue weighted by Gasteiger charge is -2.22. The largest absolute Gasteiger partial charge is 0.480 e. The molecular weight excluding hydrogens is 272 g/mol. The molecule has 1 saturated carbocycles. The van der Waals surface area contributed by atoms with Crippen LogP contribution in [0, 0.1) is 5.92 Å². The highest BCUT2D eigenvalue weighted by Crippen LogP contribution is 2.22. The summed E-state index contributed by atoms with van der Waals surface area (Å²) < 4.78 is 0. The predicted octanol–water partition coefficient (Wildman–Crippen LogP) is 1.28. The van der Waals surface area contributed by atoms with Gasteiger partial charge in [0.1, 0.15) is 6.04 Å². The first kappa shape index (κ1) is 15.3. The molecule has 2 amide bonds. The molecule has 0 bridgehead atoms. The zero-order valence-corrected chi connectivity index (χ0v) is 12.0. The Morgan fingerprint density at radius 1 is 1.38 bits per heavy atom. The van der Waals surface area contributed by atoms with Crippen LogP contribution in [0.3, 0.4) is 0 Å². The topological polar surface area (TPSA) is 107 Å². The van der Waals surface area contributed by atoms with E-state index in [1.165, 1.54) is 25.6 Å². The maximum absolute atomic E-state index is 11.8. The van der Waals surface area contributed by atoms with Crippen LogP contribution in [0.25, 0.3) is 0 Å². The number of amides is 2. The van der Waals surface area contributed by atoms with E-state index in [1.54, 1.807) is 6.20 Å². The van der Waals surface area contributed by atoms with Crippen molar-refractivity contribution in [2.75, 3.05) is 6.54 Å². The van der Waals surface area contributed by atoms with Gasteiger partial charge in [-0.25, -0.2) is 14.6 Å². The van der Waals surface area contributed by atoms with E-state index in [-0.39, 0.29) is 6.42 Å². The number of nitrogens with zero attached hydrogens (tertiary/aromatic N) is 1. The van der Waals surface area contributed by atoms with Gasteiger partial charge in [-0.2, -0.15) is 0 Å². The SMILES string of the molecule is O=C(NCC1CCCCC1)N[C@@H](Cc1cnc[nH]1)C(=O)O. The molecule has 0 aliphatic heterocycles. The number of aliphatic carboxylic acids is 1. The van der Waals surface area contributed by atoms with Crippen LogP contribution in [0.5, 0.6) is 0 Å². The average molecular weight is 294 g/mol. The number of imidazole rings is 1. The van der Waals surface area contributed by atoms with Crippen molar-refractivity contribution in [3.05, 3.63) is 18.2 Å². The third-order valence-electron chi connectivity index (χ3n) is 3.86. The summed E-state index contributed by atoms with van der Waals surface area (Å²) in [6.07, 6.45) is 9.19. The predicted molar refractivity (Wildman–Crippen MR) is 76.8 cm³/mol. The lowest BCUT2D eigenvalue weighted by molar-refractivity contribution is -0.139. The Morgan fingerprint density at radius 2 is 2.14 bits per heavy atom. The molecule has 0 unspecified atom stereocenters. The number of carbonyl (C=O) groups is 2. The first-order chi connectivity index (χ1) is 10.1. The van der Waals surface area contributed by atoms with Gasteiger partial charge in [0.25, 0.3) is 0 Å². The number of aromatic nitrogens is 2. The lowest BCUT2D eigenvalue weighted by atomic mass is 9.89. The zero-order valence-electron chi connectivity index (χ0n) is 12.0. The summed E-state index contributed by atoms with van der Waals surface area (Å²) in [6, 6.07) is -1.38. The van der Waals surface area contributed by atoms with Crippen molar-refractivity contribution in [2.24, 2.45) is 5.92 Å². The summed E-state index contributed by atoms with van der Waals surface area (Å²) in [6.45, 7) is 0.613. The number of hydrogen-bond acceptors (Lipinski definition) is 3. The van der Waals surface area contributed by atoms with E-state index in [4.69, 9.17) is 5.11 Å². The second-order valence-electron chi connectivity index (χ2n) is 5.53. The Bertz CT molecular complexity index is 455. The molecular formula is C14H22N4O3. The van der Waals surface area contributed by atoms with Crippen LogP contribution in [-0.2, 0) is 11.2 Å². The first-order valence-corrected chi connectivity index (χ1v) is 7.39. The number of H-pyrrole nitrogens is 1. The Balaban J connectivity index is 1.76. The molecule has 4 N–H and O–H groups in total. The molecule has 0 spiro atoms. The first-order valence-electron chi connectivity index (χ1n) is 7.39. The van der Waals surface area contributed by atoms with Crippen molar-refractivity contribution in [3.63, 3.8) is 0 Å². The van der Waals surface area contributed by atoms with Crippen LogP contribution in [0.1, 0.15) is 37.8 Å². The molecule has 116 valence electrons. The number of hydrogen-bond donors (Lipinski definition) is 4. The van der Waals surface area contributed by atoms with E-state index in [9.17, 15) is 9.59 Å². The van der Waals surface area contributed by atoms with Crippen molar-refractivity contribution in [1.82, 2.24) is 20.6 Å². The van der Waals surface area contributed by atoms with Crippen molar-refractivity contribution in [1.29, 1.82) is 0 Å². The molecule has 7 nitrogen and oxygen atoms in total. The van der Waals surface area contributed by atoms with Crippen LogP contribution in [0.2, 0.25) is 0 Å². The minimum atomic E-state index is -1.06. The molecule has 1 heterocycles. The highest BCUT2D eigenvalue weighted by Gasteiger charge is 2.21. The second kappa shape index (κ2) is 7.66. The third-order valence-corrected chi connectivity index (χ3v) is 3.86. The maximum Gasteiger partial charge on any atom is 0.326 e. The van der Waals surface area contributed by atoms with E-state index in [0.29, 0.717) is 18.2 Å². The number of carboxylic acids is 1. The Labute approximate surface area is 123 Å². The third kappa shape index (κ3) is 5.09. The average Bonchev–Trinajstić information content (AvgIpc) is 2.98. The van der Waals surface area contributed by atoms with E-state index in [2.05, 4.69) is 20.6 Å². The number of rotatable bonds is 6. The molecule has 1 aliphatic rings. The zero-order chi connectivity index (χ0) is 15.1. The summed E-state index contributed by atoms with van der Waals surface area (Å²) in [5.74, 6) is -0.544. The Kier molecular flexibility index (Phi) is 5.59. The summed E-state index contributed by atoms with van der Waals surface area (Å²) in [5.41, 5.74) is 0.676. The molecule has 7 heteroatoms. The molecule has 1 aliphatic carbocycles. The van der Waals surface area contributed by atoms with E-state index < -0.39 is 18.0 Å². The van der Waals surface area contributed by atoms with Crippen LogP contribution in [-0.4, -0.2) is 39.7 Å². The molecule has 1 aromatic rings. The smallest absolute Gasteiger partial charge is 0.326 e. The van der Waals surface area contributed by atoms with Crippen molar-refractivity contribution in [2.45, 2.75) is 44.6 Å². The minimum absolute atomic E-state index is 0.187. The van der Waals surface area contributed by atoms with Gasteiger partial charge in [0.15, 0.2) is 0 Å². The number of carbonyl (C=O) groups excluding carboxylic acids is 1. The fraction of sp³-hybridized carbons (Fsp3) is 0.643. The molecule has 2 rings (SSSR count). The molecule has 0 radical (unpaired) electrons. The van der Waals surface area contributed by atoms with Gasteiger partial charge in [-0.15, -0.1) is 0 Å². The van der Waals surface area contributed by atoms with Crippen LogP contribution >= 0.6 is 0 Å². The molecule has 1 fully saturated rings. The highest BCUT2D eigenvalue weighted by molar-refractivity contribution is 5.82. The summed E-state index contributed by atoms with van der Waals surface area (Å²) in [4.78, 5) is 29.7. The van der Waals surface area contributed by atoms with Crippen LogP contribution < -0.4 is 10.6 Å². The van der Waals surface area contributed by atoms with E-state index in [1.807, 2.05) is 0 Å². The maximum atomic E-state index is 11.8. The highest BCUT2D eigenvalue weighted by atomic mass is 16.4. The molecule has 1 atom stereocenters. The number of carboxylic acid groups (broad SMARTS) is 1. The lowest BCUT2D eigenvalue weighted by Crippen LogP contribution is -2.48. The molecule has 1 aromatic heterocycles. The van der Waals surface area contributed by atoms with Gasteiger partial charge < -0.3 is 20.7 Å². The minimum Gasteiger partial charge on any atom is -0.480 e. The fourth-order valence-corrected chi connectivity index (χ4v) is 2.65. The van der Waals surface area contributed by atoms with Gasteiger partial charge in [-0.05, 0) is 18.8 Å². The quantitative estimate of drug-likeness (QED) is 0.634. The second-order valence-corrected chi connectivity index (χ2v) is 5.53. The van der Waals surface area contributed by atoms with Crippen molar-refractivity contribution >= 4 is 12.0 Å². The van der Waals surface area contributed by atoms with Crippen LogP contribution in [0.4, 0.5) is 4.79 Å². The molecule has 0 saturated heterocycles. The van der Waals surface area contributed by atoms with Crippen LogP contribution in [0.15, 0.2) is 12.5 Å². The fourth-order valence-electron chi connectivity index (χ4n) is 2.65.